The Bertz CT molecular complexity index is 1010. The first-order valence-corrected chi connectivity index (χ1v) is 9.91. The number of imidazole rings is 1. The standard InChI is InChI=1S/C23H24F2N4O2/c1-15(2)21(28-22(30)20-18(24)4-3-5-19(20)25)23(31)27-12-16-6-8-17(9-7-16)13-29-11-10-26-14-29/h3-11,14-15,21H,12-13H2,1-2H3,(H,27,31)(H,28,30)/t21-/m0/s1. The molecule has 1 atom stereocenters. The minimum absolute atomic E-state index is 0.261. The average molecular weight is 426 g/mol. The number of nitrogens with zero attached hydrogens (tertiary/aromatic N) is 2. The third-order valence-electron chi connectivity index (χ3n) is 4.84. The summed E-state index contributed by atoms with van der Waals surface area (Å²) in [4.78, 5) is 29.0. The van der Waals surface area contributed by atoms with Crippen molar-refractivity contribution in [1.29, 1.82) is 0 Å². The van der Waals surface area contributed by atoms with Gasteiger partial charge in [0, 0.05) is 25.5 Å². The third kappa shape index (κ3) is 5.75. The summed E-state index contributed by atoms with van der Waals surface area (Å²) in [7, 11) is 0. The number of amides is 2. The number of carbonyl (C=O) groups excluding carboxylic acids is 2. The van der Waals surface area contributed by atoms with Crippen LogP contribution in [0.25, 0.3) is 0 Å². The molecule has 1 heterocycles. The van der Waals surface area contributed by atoms with E-state index in [0.717, 1.165) is 23.3 Å². The fourth-order valence-electron chi connectivity index (χ4n) is 3.12. The van der Waals surface area contributed by atoms with E-state index in [4.69, 9.17) is 0 Å². The molecule has 0 saturated heterocycles. The smallest absolute Gasteiger partial charge is 0.257 e. The van der Waals surface area contributed by atoms with Crippen molar-refractivity contribution in [3.8, 4) is 0 Å². The van der Waals surface area contributed by atoms with Gasteiger partial charge in [0.2, 0.25) is 5.91 Å². The van der Waals surface area contributed by atoms with Gasteiger partial charge in [0.05, 0.1) is 6.33 Å². The molecule has 1 aromatic heterocycles. The Morgan fingerprint density at radius 3 is 2.26 bits per heavy atom. The van der Waals surface area contributed by atoms with Crippen molar-refractivity contribution < 1.29 is 18.4 Å². The molecule has 2 amide bonds. The van der Waals surface area contributed by atoms with Crippen LogP contribution in [0.3, 0.4) is 0 Å². The Morgan fingerprint density at radius 2 is 1.68 bits per heavy atom. The molecule has 0 aliphatic heterocycles. The Hall–Kier alpha value is -3.55. The van der Waals surface area contributed by atoms with Crippen LogP contribution in [0.5, 0.6) is 0 Å². The molecule has 0 aliphatic rings. The van der Waals surface area contributed by atoms with Crippen LogP contribution in [0, 0.1) is 17.6 Å². The summed E-state index contributed by atoms with van der Waals surface area (Å²) >= 11 is 0. The topological polar surface area (TPSA) is 76.0 Å². The first kappa shape index (κ1) is 22.1. The summed E-state index contributed by atoms with van der Waals surface area (Å²) < 4.78 is 29.7. The van der Waals surface area contributed by atoms with Crippen LogP contribution in [0.15, 0.2) is 61.2 Å². The van der Waals surface area contributed by atoms with E-state index < -0.39 is 35.1 Å². The highest BCUT2D eigenvalue weighted by Crippen LogP contribution is 2.13. The van der Waals surface area contributed by atoms with Gasteiger partial charge in [0.25, 0.3) is 5.91 Å². The highest BCUT2D eigenvalue weighted by molar-refractivity contribution is 5.98. The minimum Gasteiger partial charge on any atom is -0.350 e. The van der Waals surface area contributed by atoms with Crippen molar-refractivity contribution >= 4 is 11.8 Å². The van der Waals surface area contributed by atoms with Crippen LogP contribution in [0.2, 0.25) is 0 Å². The van der Waals surface area contributed by atoms with Crippen molar-refractivity contribution in [3.63, 3.8) is 0 Å². The van der Waals surface area contributed by atoms with Crippen LogP contribution >= 0.6 is 0 Å². The van der Waals surface area contributed by atoms with Gasteiger partial charge in [-0.1, -0.05) is 44.2 Å². The number of aromatic nitrogens is 2. The molecule has 0 spiro atoms. The zero-order chi connectivity index (χ0) is 22.4. The lowest BCUT2D eigenvalue weighted by molar-refractivity contribution is -0.124. The van der Waals surface area contributed by atoms with E-state index in [2.05, 4.69) is 15.6 Å². The molecule has 0 fully saturated rings. The van der Waals surface area contributed by atoms with Gasteiger partial charge in [-0.3, -0.25) is 9.59 Å². The van der Waals surface area contributed by atoms with Crippen molar-refractivity contribution in [1.82, 2.24) is 20.2 Å². The number of carbonyl (C=O) groups is 2. The van der Waals surface area contributed by atoms with Crippen molar-refractivity contribution in [2.75, 3.05) is 0 Å². The van der Waals surface area contributed by atoms with Crippen LogP contribution in [-0.2, 0) is 17.9 Å². The normalized spacial score (nSPS) is 11.9. The van der Waals surface area contributed by atoms with Crippen LogP contribution < -0.4 is 10.6 Å². The number of rotatable bonds is 8. The van der Waals surface area contributed by atoms with E-state index in [1.54, 1.807) is 26.4 Å². The zero-order valence-electron chi connectivity index (χ0n) is 17.3. The molecule has 0 saturated carbocycles. The van der Waals surface area contributed by atoms with E-state index in [0.29, 0.717) is 6.54 Å². The second-order valence-corrected chi connectivity index (χ2v) is 7.56. The number of hydrogen-bond acceptors (Lipinski definition) is 3. The number of benzene rings is 2. The van der Waals surface area contributed by atoms with E-state index in [9.17, 15) is 18.4 Å². The fraction of sp³-hybridized carbons (Fsp3) is 0.261. The van der Waals surface area contributed by atoms with Crippen LogP contribution in [-0.4, -0.2) is 27.4 Å². The van der Waals surface area contributed by atoms with Gasteiger partial charge in [-0.2, -0.15) is 0 Å². The minimum atomic E-state index is -0.976. The Kier molecular flexibility index (Phi) is 7.12. The number of halogens is 2. The maximum atomic E-state index is 13.9. The quantitative estimate of drug-likeness (QED) is 0.581. The van der Waals surface area contributed by atoms with E-state index >= 15 is 0 Å². The summed E-state index contributed by atoms with van der Waals surface area (Å²) in [6.07, 6.45) is 5.33. The molecule has 2 N–H and O–H groups in total. The van der Waals surface area contributed by atoms with Crippen LogP contribution in [0.4, 0.5) is 8.78 Å². The van der Waals surface area contributed by atoms with Crippen LogP contribution in [0.1, 0.15) is 35.3 Å². The Morgan fingerprint density at radius 1 is 1.03 bits per heavy atom. The Labute approximate surface area is 179 Å². The highest BCUT2D eigenvalue weighted by Gasteiger charge is 2.27. The summed E-state index contributed by atoms with van der Waals surface area (Å²) in [6, 6.07) is 9.97. The number of hydrogen-bond donors (Lipinski definition) is 2. The molecule has 3 rings (SSSR count). The lowest BCUT2D eigenvalue weighted by Crippen LogP contribution is -2.49. The first-order valence-electron chi connectivity index (χ1n) is 9.91. The number of nitrogens with one attached hydrogen (secondary N) is 2. The second-order valence-electron chi connectivity index (χ2n) is 7.56. The summed E-state index contributed by atoms with van der Waals surface area (Å²) in [5, 5.41) is 5.22. The molecule has 0 unspecified atom stereocenters. The van der Waals surface area contributed by atoms with Crippen molar-refractivity contribution in [3.05, 3.63) is 89.5 Å². The summed E-state index contributed by atoms with van der Waals surface area (Å²) in [5.74, 6) is -3.63. The van der Waals surface area contributed by atoms with Crippen molar-refractivity contribution in [2.45, 2.75) is 33.0 Å². The molecule has 0 bridgehead atoms. The molecule has 3 aromatic rings. The van der Waals surface area contributed by atoms with Gasteiger partial charge >= 0.3 is 0 Å². The van der Waals surface area contributed by atoms with Gasteiger partial charge in [0.15, 0.2) is 0 Å². The molecule has 31 heavy (non-hydrogen) atoms. The van der Waals surface area contributed by atoms with Gasteiger partial charge in [-0.25, -0.2) is 13.8 Å². The predicted octanol–water partition coefficient (Wildman–Crippen LogP) is 3.28. The first-order chi connectivity index (χ1) is 14.8. The fourth-order valence-corrected chi connectivity index (χ4v) is 3.12. The van der Waals surface area contributed by atoms with E-state index in [1.807, 2.05) is 35.0 Å². The molecular weight excluding hydrogens is 402 g/mol. The molecule has 0 aliphatic carbocycles. The molecular formula is C23H24F2N4O2. The SMILES string of the molecule is CC(C)[C@H](NC(=O)c1c(F)cccc1F)C(=O)NCc1ccc(Cn2ccnc2)cc1. The van der Waals surface area contributed by atoms with Crippen molar-refractivity contribution in [2.24, 2.45) is 5.92 Å². The predicted molar refractivity (Wildman–Crippen MR) is 112 cm³/mol. The van der Waals surface area contributed by atoms with Gasteiger partial charge in [0.1, 0.15) is 23.2 Å². The summed E-state index contributed by atoms with van der Waals surface area (Å²) in [6.45, 7) is 4.44. The molecule has 6 nitrogen and oxygen atoms in total. The van der Waals surface area contributed by atoms with Gasteiger partial charge < -0.3 is 15.2 Å². The second kappa shape index (κ2) is 9.97. The molecule has 8 heteroatoms. The summed E-state index contributed by atoms with van der Waals surface area (Å²) in [5.41, 5.74) is 1.28. The lowest BCUT2D eigenvalue weighted by Gasteiger charge is -2.22. The van der Waals surface area contributed by atoms with Gasteiger partial charge in [-0.15, -0.1) is 0 Å². The molecule has 162 valence electrons. The van der Waals surface area contributed by atoms with E-state index in [-0.39, 0.29) is 12.5 Å². The largest absolute Gasteiger partial charge is 0.350 e. The monoisotopic (exact) mass is 426 g/mol. The molecule has 2 aromatic carbocycles. The highest BCUT2D eigenvalue weighted by atomic mass is 19.1. The Balaban J connectivity index is 1.60. The maximum absolute atomic E-state index is 13.9. The van der Waals surface area contributed by atoms with E-state index in [1.165, 1.54) is 6.07 Å². The zero-order valence-corrected chi connectivity index (χ0v) is 17.3. The molecule has 0 radical (unpaired) electrons. The average Bonchev–Trinajstić information content (AvgIpc) is 3.24. The maximum Gasteiger partial charge on any atom is 0.257 e. The van der Waals surface area contributed by atoms with Gasteiger partial charge in [-0.05, 0) is 29.2 Å². The lowest BCUT2D eigenvalue weighted by atomic mass is 10.0. The third-order valence-corrected chi connectivity index (χ3v) is 4.84.